The summed E-state index contributed by atoms with van der Waals surface area (Å²) in [5.74, 6) is -0.156. The van der Waals surface area contributed by atoms with Crippen LogP contribution in [0.25, 0.3) is 11.5 Å². The molecule has 0 saturated carbocycles. The molecule has 1 N–H and O–H groups in total. The van der Waals surface area contributed by atoms with Crippen LogP contribution in [0.15, 0.2) is 52.9 Å². The number of carbonyl (C=O) groups is 1. The van der Waals surface area contributed by atoms with E-state index in [2.05, 4.69) is 10.3 Å². The molecule has 0 radical (unpaired) electrons. The van der Waals surface area contributed by atoms with Crippen molar-refractivity contribution in [2.45, 2.75) is 26.0 Å². The summed E-state index contributed by atoms with van der Waals surface area (Å²) >= 11 is 6.16. The molecule has 0 bridgehead atoms. The number of amides is 1. The Labute approximate surface area is 192 Å². The summed E-state index contributed by atoms with van der Waals surface area (Å²) in [5.41, 5.74) is 1.86. The highest BCUT2D eigenvalue weighted by atomic mass is 35.5. The van der Waals surface area contributed by atoms with E-state index in [0.29, 0.717) is 35.9 Å². The Hall–Kier alpha value is -2.84. The largest absolute Gasteiger partial charge is 0.494 e. The number of oxazole rings is 1. The molecule has 32 heavy (non-hydrogen) atoms. The maximum Gasteiger partial charge on any atom is 0.235 e. The van der Waals surface area contributed by atoms with E-state index in [1.54, 1.807) is 31.2 Å². The van der Waals surface area contributed by atoms with E-state index in [0.717, 1.165) is 11.3 Å². The van der Waals surface area contributed by atoms with Crippen LogP contribution in [0.1, 0.15) is 23.9 Å². The Morgan fingerprint density at radius 3 is 2.56 bits per heavy atom. The van der Waals surface area contributed by atoms with Gasteiger partial charge >= 0.3 is 0 Å². The molecule has 1 amide bonds. The first kappa shape index (κ1) is 23.8. The predicted octanol–water partition coefficient (Wildman–Crippen LogP) is 3.98. The number of aromatic nitrogens is 1. The molecule has 0 aliphatic carbocycles. The molecule has 3 rings (SSSR count). The molecular weight excluding hydrogens is 452 g/mol. The van der Waals surface area contributed by atoms with Crippen LogP contribution in [0.5, 0.6) is 5.75 Å². The Morgan fingerprint density at radius 2 is 1.88 bits per heavy atom. The highest BCUT2D eigenvalue weighted by Crippen LogP contribution is 2.29. The minimum atomic E-state index is -3.73. The van der Waals surface area contributed by atoms with E-state index in [1.165, 1.54) is 0 Å². The minimum Gasteiger partial charge on any atom is -0.494 e. The number of carbonyl (C=O) groups excluding carboxylic acids is 1. The topological polar surface area (TPSA) is 98.5 Å². The number of nitrogens with one attached hydrogen (secondary N) is 1. The summed E-state index contributed by atoms with van der Waals surface area (Å²) in [7, 11) is -3.73. The van der Waals surface area contributed by atoms with Crippen molar-refractivity contribution in [2.24, 2.45) is 0 Å². The Balaban J connectivity index is 1.53. The van der Waals surface area contributed by atoms with Gasteiger partial charge in [0.25, 0.3) is 0 Å². The average Bonchev–Trinajstić information content (AvgIpc) is 3.08. The van der Waals surface area contributed by atoms with Gasteiger partial charge in [0, 0.05) is 6.54 Å². The smallest absolute Gasteiger partial charge is 0.235 e. The zero-order valence-electron chi connectivity index (χ0n) is 17.9. The highest BCUT2D eigenvalue weighted by molar-refractivity contribution is 7.91. The van der Waals surface area contributed by atoms with Crippen LogP contribution in [0, 0.1) is 6.92 Å². The predicted molar refractivity (Wildman–Crippen MR) is 124 cm³/mol. The number of nitrogens with zero attached hydrogens (tertiary/aromatic N) is 1. The molecule has 9 heteroatoms. The third-order valence-corrected chi connectivity index (χ3v) is 6.42. The van der Waals surface area contributed by atoms with Gasteiger partial charge in [0.1, 0.15) is 17.3 Å². The number of sulfone groups is 1. The standard InChI is InChI=1S/C23H25ClN2O5S/c1-3-30-18-10-8-17(9-11-18)12-13-25-22(27)15-32(28,29)14-21-16(2)31-23(26-21)19-6-4-5-7-20(19)24/h4-11H,3,12-15H2,1-2H3,(H,25,27). The van der Waals surface area contributed by atoms with E-state index in [4.69, 9.17) is 20.8 Å². The van der Waals surface area contributed by atoms with Crippen LogP contribution in [0.2, 0.25) is 5.02 Å². The molecule has 3 aromatic rings. The molecule has 170 valence electrons. The van der Waals surface area contributed by atoms with Gasteiger partial charge in [0.2, 0.25) is 11.8 Å². The second-order valence-electron chi connectivity index (χ2n) is 7.21. The summed E-state index contributed by atoms with van der Waals surface area (Å²) < 4.78 is 36.0. The van der Waals surface area contributed by atoms with Gasteiger partial charge in [-0.05, 0) is 50.1 Å². The van der Waals surface area contributed by atoms with E-state index in [1.807, 2.05) is 31.2 Å². The van der Waals surface area contributed by atoms with Crippen LogP contribution in [-0.4, -0.2) is 38.2 Å². The maximum absolute atomic E-state index is 12.5. The van der Waals surface area contributed by atoms with Crippen LogP contribution in [-0.2, 0) is 26.8 Å². The molecule has 0 saturated heterocycles. The third-order valence-electron chi connectivity index (χ3n) is 4.67. The lowest BCUT2D eigenvalue weighted by atomic mass is 10.1. The van der Waals surface area contributed by atoms with Gasteiger partial charge in [-0.1, -0.05) is 35.9 Å². The monoisotopic (exact) mass is 476 g/mol. The maximum atomic E-state index is 12.5. The van der Waals surface area contributed by atoms with Crippen molar-refractivity contribution in [3.05, 3.63) is 70.6 Å². The lowest BCUT2D eigenvalue weighted by Crippen LogP contribution is -2.32. The molecule has 1 aromatic heterocycles. The summed E-state index contributed by atoms with van der Waals surface area (Å²) in [6.07, 6.45) is 0.585. The summed E-state index contributed by atoms with van der Waals surface area (Å²) in [6, 6.07) is 14.6. The molecular formula is C23H25ClN2O5S. The van der Waals surface area contributed by atoms with E-state index in [9.17, 15) is 13.2 Å². The van der Waals surface area contributed by atoms with Crippen molar-refractivity contribution >= 4 is 27.3 Å². The molecule has 1 heterocycles. The van der Waals surface area contributed by atoms with Gasteiger partial charge < -0.3 is 14.5 Å². The molecule has 0 atom stereocenters. The molecule has 0 unspecified atom stereocenters. The normalized spacial score (nSPS) is 11.3. The van der Waals surface area contributed by atoms with Gasteiger partial charge in [-0.3, -0.25) is 4.79 Å². The number of rotatable bonds is 10. The third kappa shape index (κ3) is 6.58. The zero-order valence-corrected chi connectivity index (χ0v) is 19.5. The van der Waals surface area contributed by atoms with Crippen molar-refractivity contribution in [1.29, 1.82) is 0 Å². The summed E-state index contributed by atoms with van der Waals surface area (Å²) in [5, 5.41) is 3.11. The highest BCUT2D eigenvalue weighted by Gasteiger charge is 2.22. The molecule has 7 nitrogen and oxygen atoms in total. The molecule has 0 aliphatic heterocycles. The van der Waals surface area contributed by atoms with Crippen molar-refractivity contribution in [3.8, 4) is 17.2 Å². The van der Waals surface area contributed by atoms with Gasteiger partial charge in [0.15, 0.2) is 9.84 Å². The molecule has 0 spiro atoms. The molecule has 0 aliphatic rings. The number of hydrogen-bond donors (Lipinski definition) is 1. The van der Waals surface area contributed by atoms with E-state index < -0.39 is 21.5 Å². The number of benzene rings is 2. The summed E-state index contributed by atoms with van der Waals surface area (Å²) in [4.78, 5) is 16.4. The van der Waals surface area contributed by atoms with Crippen molar-refractivity contribution in [3.63, 3.8) is 0 Å². The van der Waals surface area contributed by atoms with Gasteiger partial charge in [0.05, 0.1) is 28.6 Å². The van der Waals surface area contributed by atoms with Crippen LogP contribution in [0.4, 0.5) is 0 Å². The van der Waals surface area contributed by atoms with Crippen molar-refractivity contribution in [1.82, 2.24) is 10.3 Å². The SMILES string of the molecule is CCOc1ccc(CCNC(=O)CS(=O)(=O)Cc2nc(-c3ccccc3Cl)oc2C)cc1. The fourth-order valence-electron chi connectivity index (χ4n) is 3.09. The average molecular weight is 477 g/mol. The van der Waals surface area contributed by atoms with Crippen LogP contribution >= 0.6 is 11.6 Å². The minimum absolute atomic E-state index is 0.248. The van der Waals surface area contributed by atoms with Gasteiger partial charge in [-0.2, -0.15) is 0 Å². The fourth-order valence-corrected chi connectivity index (χ4v) is 4.59. The quantitative estimate of drug-likeness (QED) is 0.475. The first-order chi connectivity index (χ1) is 15.3. The number of hydrogen-bond acceptors (Lipinski definition) is 6. The first-order valence-corrected chi connectivity index (χ1v) is 12.4. The van der Waals surface area contributed by atoms with E-state index >= 15 is 0 Å². The zero-order chi connectivity index (χ0) is 23.1. The lowest BCUT2D eigenvalue weighted by molar-refractivity contribution is -0.118. The second-order valence-corrected chi connectivity index (χ2v) is 9.68. The Kier molecular flexibility index (Phi) is 7.93. The van der Waals surface area contributed by atoms with Crippen molar-refractivity contribution < 1.29 is 22.4 Å². The van der Waals surface area contributed by atoms with Gasteiger partial charge in [-0.25, -0.2) is 13.4 Å². The number of ether oxygens (including phenoxy) is 1. The van der Waals surface area contributed by atoms with E-state index in [-0.39, 0.29) is 17.3 Å². The Morgan fingerprint density at radius 1 is 1.16 bits per heavy atom. The number of aryl methyl sites for hydroxylation is 1. The van der Waals surface area contributed by atoms with Crippen molar-refractivity contribution in [2.75, 3.05) is 18.9 Å². The van der Waals surface area contributed by atoms with Crippen LogP contribution in [0.3, 0.4) is 0 Å². The van der Waals surface area contributed by atoms with Crippen LogP contribution < -0.4 is 10.1 Å². The fraction of sp³-hybridized carbons (Fsp3) is 0.304. The van der Waals surface area contributed by atoms with Gasteiger partial charge in [-0.15, -0.1) is 0 Å². The summed E-state index contributed by atoms with van der Waals surface area (Å²) in [6.45, 7) is 4.48. The first-order valence-electron chi connectivity index (χ1n) is 10.2. The molecule has 0 fully saturated rings. The second kappa shape index (κ2) is 10.7. The number of halogens is 1. The Bertz CT molecular complexity index is 1170. The lowest BCUT2D eigenvalue weighted by Gasteiger charge is -2.07. The molecule has 2 aromatic carbocycles.